The number of esters is 1. The number of aryl methyl sites for hydroxylation is 1. The molecule has 6 nitrogen and oxygen atoms in total. The topological polar surface area (TPSA) is 77.0 Å². The van der Waals surface area contributed by atoms with Gasteiger partial charge >= 0.3 is 5.97 Å². The van der Waals surface area contributed by atoms with E-state index < -0.39 is 5.97 Å². The summed E-state index contributed by atoms with van der Waals surface area (Å²) in [4.78, 5) is 27.8. The highest BCUT2D eigenvalue weighted by Gasteiger charge is 2.17. The Labute approximate surface area is 152 Å². The van der Waals surface area contributed by atoms with Crippen LogP contribution >= 0.6 is 0 Å². The number of carbonyl (C=O) groups is 2. The van der Waals surface area contributed by atoms with Gasteiger partial charge in [0.25, 0.3) is 0 Å². The van der Waals surface area contributed by atoms with E-state index in [0.717, 1.165) is 29.4 Å². The fourth-order valence-electron chi connectivity index (χ4n) is 2.97. The molecule has 0 spiro atoms. The summed E-state index contributed by atoms with van der Waals surface area (Å²) in [5, 5.41) is 5.04. The van der Waals surface area contributed by atoms with Crippen LogP contribution in [0.3, 0.4) is 0 Å². The summed E-state index contributed by atoms with van der Waals surface area (Å²) in [6.07, 6.45) is 4.29. The van der Waals surface area contributed by atoms with Crippen LogP contribution < -0.4 is 0 Å². The SMILES string of the molecule is CCc1cccc2c(C(=O)COC(=O)c3ccn(CC(C)C)n3)c[nH]c12. The first kappa shape index (κ1) is 17.9. The number of ether oxygens (including phenoxy) is 1. The number of aromatic nitrogens is 3. The first-order valence-electron chi connectivity index (χ1n) is 8.82. The number of ketones is 1. The molecule has 0 amide bonds. The standard InChI is InChI=1S/C20H23N3O3/c1-4-14-6-5-7-15-16(10-21-19(14)15)18(24)12-26-20(25)17-8-9-23(22-17)11-13(2)3/h5-10,13,21H,4,11-12H2,1-3H3. The third kappa shape index (κ3) is 3.69. The van der Waals surface area contributed by atoms with E-state index in [9.17, 15) is 9.59 Å². The van der Waals surface area contributed by atoms with Crippen molar-refractivity contribution in [1.29, 1.82) is 0 Å². The molecule has 0 saturated heterocycles. The van der Waals surface area contributed by atoms with Gasteiger partial charge in [-0.25, -0.2) is 4.79 Å². The number of carbonyl (C=O) groups excluding carboxylic acids is 2. The van der Waals surface area contributed by atoms with E-state index in [0.29, 0.717) is 11.5 Å². The van der Waals surface area contributed by atoms with E-state index >= 15 is 0 Å². The first-order chi connectivity index (χ1) is 12.5. The summed E-state index contributed by atoms with van der Waals surface area (Å²) in [5.74, 6) is -0.398. The van der Waals surface area contributed by atoms with E-state index in [2.05, 4.69) is 30.9 Å². The number of para-hydroxylation sites is 1. The third-order valence-corrected chi connectivity index (χ3v) is 4.22. The Morgan fingerprint density at radius 1 is 1.27 bits per heavy atom. The zero-order valence-electron chi connectivity index (χ0n) is 15.3. The second kappa shape index (κ2) is 7.56. The molecule has 0 fully saturated rings. The molecule has 2 aromatic heterocycles. The van der Waals surface area contributed by atoms with Crippen molar-refractivity contribution in [2.24, 2.45) is 5.92 Å². The highest BCUT2D eigenvalue weighted by molar-refractivity contribution is 6.09. The molecule has 0 radical (unpaired) electrons. The average molecular weight is 353 g/mol. The van der Waals surface area contributed by atoms with Crippen LogP contribution in [-0.4, -0.2) is 33.1 Å². The summed E-state index contributed by atoms with van der Waals surface area (Å²) in [6, 6.07) is 7.46. The van der Waals surface area contributed by atoms with Crippen molar-refractivity contribution in [3.05, 3.63) is 53.5 Å². The smallest absolute Gasteiger partial charge is 0.359 e. The Bertz CT molecular complexity index is 937. The molecule has 3 rings (SSSR count). The molecule has 0 aliphatic carbocycles. The van der Waals surface area contributed by atoms with Gasteiger partial charge in [0.2, 0.25) is 5.78 Å². The van der Waals surface area contributed by atoms with Gasteiger partial charge in [-0.15, -0.1) is 0 Å². The molecular weight excluding hydrogens is 330 g/mol. The lowest BCUT2D eigenvalue weighted by Gasteiger charge is -2.04. The molecule has 0 aliphatic heterocycles. The number of rotatable bonds is 7. The van der Waals surface area contributed by atoms with Crippen LogP contribution in [0.5, 0.6) is 0 Å². The van der Waals surface area contributed by atoms with Crippen LogP contribution in [0.25, 0.3) is 10.9 Å². The summed E-state index contributed by atoms with van der Waals surface area (Å²) >= 11 is 0. The average Bonchev–Trinajstić information content (AvgIpc) is 3.25. The molecule has 0 bridgehead atoms. The Hall–Kier alpha value is -2.89. The van der Waals surface area contributed by atoms with E-state index in [4.69, 9.17) is 4.74 Å². The molecule has 3 aromatic rings. The number of hydrogen-bond donors (Lipinski definition) is 1. The van der Waals surface area contributed by atoms with Gasteiger partial charge in [0.1, 0.15) is 0 Å². The van der Waals surface area contributed by atoms with Gasteiger partial charge in [0.15, 0.2) is 12.3 Å². The van der Waals surface area contributed by atoms with Crippen LogP contribution in [0.2, 0.25) is 0 Å². The summed E-state index contributed by atoms with van der Waals surface area (Å²) in [6.45, 7) is 6.63. The van der Waals surface area contributed by atoms with Gasteiger partial charge in [0.05, 0.1) is 0 Å². The Kier molecular flexibility index (Phi) is 5.21. The molecule has 0 unspecified atom stereocenters. The van der Waals surface area contributed by atoms with E-state index in [1.165, 1.54) is 0 Å². The van der Waals surface area contributed by atoms with E-state index in [1.54, 1.807) is 23.1 Å². The van der Waals surface area contributed by atoms with Crippen LogP contribution in [0, 0.1) is 5.92 Å². The number of nitrogens with zero attached hydrogens (tertiary/aromatic N) is 2. The fourth-order valence-corrected chi connectivity index (χ4v) is 2.97. The third-order valence-electron chi connectivity index (χ3n) is 4.22. The quantitative estimate of drug-likeness (QED) is 0.520. The molecule has 1 N–H and O–H groups in total. The zero-order chi connectivity index (χ0) is 18.7. The predicted molar refractivity (Wildman–Crippen MR) is 99.4 cm³/mol. The van der Waals surface area contributed by atoms with E-state index in [1.807, 2.05) is 18.2 Å². The lowest BCUT2D eigenvalue weighted by Crippen LogP contribution is -2.15. The van der Waals surface area contributed by atoms with Crippen molar-refractivity contribution >= 4 is 22.7 Å². The van der Waals surface area contributed by atoms with E-state index in [-0.39, 0.29) is 18.1 Å². The van der Waals surface area contributed by atoms with Crippen LogP contribution in [0.15, 0.2) is 36.7 Å². The molecule has 1 aromatic carbocycles. The number of Topliss-reactive ketones (excluding diaryl/α,β-unsaturated/α-hetero) is 1. The maximum absolute atomic E-state index is 12.5. The second-order valence-electron chi connectivity index (χ2n) is 6.71. The Morgan fingerprint density at radius 2 is 2.08 bits per heavy atom. The van der Waals surface area contributed by atoms with Gasteiger partial charge < -0.3 is 9.72 Å². The molecule has 0 aliphatic rings. The van der Waals surface area contributed by atoms with Gasteiger partial charge in [0, 0.05) is 35.4 Å². The van der Waals surface area contributed by atoms with Gasteiger partial charge in [-0.2, -0.15) is 5.10 Å². The summed E-state index contributed by atoms with van der Waals surface area (Å²) < 4.78 is 6.86. The lowest BCUT2D eigenvalue weighted by molar-refractivity contribution is 0.0468. The van der Waals surface area contributed by atoms with Crippen molar-refractivity contribution in [2.75, 3.05) is 6.61 Å². The minimum absolute atomic E-state index is 0.214. The lowest BCUT2D eigenvalue weighted by atomic mass is 10.1. The van der Waals surface area contributed by atoms with Crippen molar-refractivity contribution in [3.8, 4) is 0 Å². The normalized spacial score (nSPS) is 11.2. The van der Waals surface area contributed by atoms with Crippen LogP contribution in [-0.2, 0) is 17.7 Å². The molecule has 6 heteroatoms. The molecule has 2 heterocycles. The van der Waals surface area contributed by atoms with Crippen molar-refractivity contribution in [2.45, 2.75) is 33.7 Å². The minimum atomic E-state index is -0.588. The highest BCUT2D eigenvalue weighted by Crippen LogP contribution is 2.22. The molecule has 136 valence electrons. The number of aromatic amines is 1. The van der Waals surface area contributed by atoms with Crippen molar-refractivity contribution < 1.29 is 14.3 Å². The minimum Gasteiger partial charge on any atom is -0.453 e. The number of fused-ring (bicyclic) bond motifs is 1. The van der Waals surface area contributed by atoms with Gasteiger partial charge in [-0.1, -0.05) is 39.0 Å². The van der Waals surface area contributed by atoms with Gasteiger partial charge in [-0.05, 0) is 24.0 Å². The monoisotopic (exact) mass is 353 g/mol. The zero-order valence-corrected chi connectivity index (χ0v) is 15.3. The molecule has 0 atom stereocenters. The maximum atomic E-state index is 12.5. The second-order valence-corrected chi connectivity index (χ2v) is 6.71. The summed E-state index contributed by atoms with van der Waals surface area (Å²) in [7, 11) is 0. The first-order valence-corrected chi connectivity index (χ1v) is 8.82. The highest BCUT2D eigenvalue weighted by atomic mass is 16.5. The van der Waals surface area contributed by atoms with Crippen molar-refractivity contribution in [1.82, 2.24) is 14.8 Å². The summed E-state index contributed by atoms with van der Waals surface area (Å²) in [5.41, 5.74) is 2.85. The molecule has 0 saturated carbocycles. The maximum Gasteiger partial charge on any atom is 0.359 e. The van der Waals surface area contributed by atoms with Gasteiger partial charge in [-0.3, -0.25) is 9.48 Å². The number of nitrogens with one attached hydrogen (secondary N) is 1. The van der Waals surface area contributed by atoms with Crippen LogP contribution in [0.4, 0.5) is 0 Å². The number of benzene rings is 1. The Morgan fingerprint density at radius 3 is 2.81 bits per heavy atom. The fraction of sp³-hybridized carbons (Fsp3) is 0.350. The largest absolute Gasteiger partial charge is 0.453 e. The molecular formula is C20H23N3O3. The van der Waals surface area contributed by atoms with Crippen LogP contribution in [0.1, 0.15) is 47.2 Å². The number of hydrogen-bond acceptors (Lipinski definition) is 4. The molecule has 26 heavy (non-hydrogen) atoms. The number of H-pyrrole nitrogens is 1. The van der Waals surface area contributed by atoms with Crippen molar-refractivity contribution in [3.63, 3.8) is 0 Å². The Balaban J connectivity index is 1.67. The predicted octanol–water partition coefficient (Wildman–Crippen LogP) is 3.62.